The molecule has 0 saturated carbocycles. The van der Waals surface area contributed by atoms with Crippen molar-refractivity contribution < 1.29 is 9.18 Å². The molecule has 9 heteroatoms. The molecule has 0 radical (unpaired) electrons. The third kappa shape index (κ3) is 4.76. The number of rotatable bonds is 5. The Morgan fingerprint density at radius 1 is 1.23 bits per heavy atom. The van der Waals surface area contributed by atoms with Crippen LogP contribution >= 0.6 is 23.4 Å². The van der Waals surface area contributed by atoms with Gasteiger partial charge in [-0.1, -0.05) is 28.9 Å². The van der Waals surface area contributed by atoms with Crippen LogP contribution in [0.15, 0.2) is 36.4 Å². The molecule has 1 aliphatic heterocycles. The highest BCUT2D eigenvalue weighted by atomic mass is 35.5. The highest BCUT2D eigenvalue weighted by Crippen LogP contribution is 2.24. The minimum atomic E-state index is -0.514. The second-order valence-electron chi connectivity index (χ2n) is 7.47. The molecular weight excluding hydrogens is 437 g/mol. The van der Waals surface area contributed by atoms with Crippen molar-refractivity contribution in [3.8, 4) is 5.69 Å². The number of thioether (sulfide) groups is 1. The number of carbonyl (C=O) groups excluding carboxylic acids is 1. The zero-order valence-corrected chi connectivity index (χ0v) is 18.9. The number of benzene rings is 2. The second-order valence-corrected chi connectivity index (χ2v) is 9.10. The molecule has 0 unspecified atom stereocenters. The van der Waals surface area contributed by atoms with Gasteiger partial charge in [-0.3, -0.25) is 9.69 Å². The summed E-state index contributed by atoms with van der Waals surface area (Å²) in [6, 6.07) is 10.2. The molecule has 4 rings (SSSR count). The number of nitrogens with one attached hydrogen (secondary N) is 1. The lowest BCUT2D eigenvalue weighted by molar-refractivity contribution is 0.102. The topological polar surface area (TPSA) is 63.1 Å². The van der Waals surface area contributed by atoms with Crippen molar-refractivity contribution in [1.29, 1.82) is 0 Å². The molecule has 1 fully saturated rings. The number of carbonyl (C=O) groups is 1. The van der Waals surface area contributed by atoms with Crippen molar-refractivity contribution in [2.75, 3.05) is 29.9 Å². The summed E-state index contributed by atoms with van der Waals surface area (Å²) in [6.07, 6.45) is 0. The molecule has 162 valence electrons. The molecule has 31 heavy (non-hydrogen) atoms. The third-order valence-electron chi connectivity index (χ3n) is 5.45. The van der Waals surface area contributed by atoms with Gasteiger partial charge in [0.25, 0.3) is 5.91 Å². The first-order chi connectivity index (χ1) is 14.9. The van der Waals surface area contributed by atoms with E-state index in [0.29, 0.717) is 11.4 Å². The molecule has 2 aromatic carbocycles. The lowest BCUT2D eigenvalue weighted by Gasteiger charge is -2.27. The molecule has 0 atom stereocenters. The van der Waals surface area contributed by atoms with E-state index in [-0.39, 0.29) is 16.6 Å². The predicted molar refractivity (Wildman–Crippen MR) is 123 cm³/mol. The van der Waals surface area contributed by atoms with Crippen molar-refractivity contribution in [3.05, 3.63) is 69.8 Å². The zero-order chi connectivity index (χ0) is 22.0. The maximum atomic E-state index is 13.5. The van der Waals surface area contributed by atoms with Crippen molar-refractivity contribution >= 4 is 35.0 Å². The number of hydrogen-bond donors (Lipinski definition) is 1. The van der Waals surface area contributed by atoms with Crippen LogP contribution < -0.4 is 5.32 Å². The fourth-order valence-electron chi connectivity index (χ4n) is 3.57. The number of anilines is 1. The smallest absolute Gasteiger partial charge is 0.278 e. The lowest BCUT2D eigenvalue weighted by Crippen LogP contribution is -2.32. The van der Waals surface area contributed by atoms with Crippen molar-refractivity contribution in [3.63, 3.8) is 0 Å². The Labute approximate surface area is 189 Å². The average Bonchev–Trinajstić information content (AvgIpc) is 3.15. The maximum Gasteiger partial charge on any atom is 0.278 e. The molecule has 0 spiro atoms. The molecule has 6 nitrogen and oxygen atoms in total. The summed E-state index contributed by atoms with van der Waals surface area (Å²) in [7, 11) is 0. The van der Waals surface area contributed by atoms with E-state index in [1.54, 1.807) is 6.92 Å². The number of hydrogen-bond acceptors (Lipinski definition) is 5. The second kappa shape index (κ2) is 9.38. The number of halogens is 2. The van der Waals surface area contributed by atoms with Gasteiger partial charge in [0.2, 0.25) is 0 Å². The van der Waals surface area contributed by atoms with Crippen molar-refractivity contribution in [1.82, 2.24) is 19.9 Å². The van der Waals surface area contributed by atoms with Crippen LogP contribution in [0.4, 0.5) is 10.1 Å². The van der Waals surface area contributed by atoms with Gasteiger partial charge in [0.1, 0.15) is 5.82 Å². The number of nitrogens with zero attached hydrogens (tertiary/aromatic N) is 4. The molecule has 2 heterocycles. The Kier molecular flexibility index (Phi) is 6.60. The van der Waals surface area contributed by atoms with Gasteiger partial charge in [0.05, 0.1) is 16.4 Å². The van der Waals surface area contributed by atoms with Crippen LogP contribution in [-0.2, 0) is 6.54 Å². The fourth-order valence-corrected chi connectivity index (χ4v) is 4.73. The van der Waals surface area contributed by atoms with E-state index in [4.69, 9.17) is 11.6 Å². The molecule has 1 aliphatic rings. The Hall–Kier alpha value is -2.42. The van der Waals surface area contributed by atoms with Crippen LogP contribution in [0.3, 0.4) is 0 Å². The standard InChI is InChI=1S/C22H23ClFN5OS/c1-14-16(13-28-8-10-31-11-9-28)4-3-5-20(14)25-22(30)21-15(2)29(27-26-21)17-6-7-19(24)18(23)12-17/h3-7,12H,8-11,13H2,1-2H3,(H,25,30). The summed E-state index contributed by atoms with van der Waals surface area (Å²) >= 11 is 7.86. The summed E-state index contributed by atoms with van der Waals surface area (Å²) in [4.78, 5) is 15.4. The zero-order valence-electron chi connectivity index (χ0n) is 17.4. The molecule has 1 N–H and O–H groups in total. The Bertz CT molecular complexity index is 1110. The minimum Gasteiger partial charge on any atom is -0.320 e. The van der Waals surface area contributed by atoms with E-state index < -0.39 is 5.82 Å². The lowest BCUT2D eigenvalue weighted by atomic mass is 10.1. The SMILES string of the molecule is Cc1c(CN2CCSCC2)cccc1NC(=O)c1nnn(-c2ccc(F)c(Cl)c2)c1C. The van der Waals surface area contributed by atoms with Gasteiger partial charge in [0.15, 0.2) is 5.69 Å². The van der Waals surface area contributed by atoms with Gasteiger partial charge >= 0.3 is 0 Å². The maximum absolute atomic E-state index is 13.5. The molecule has 1 saturated heterocycles. The van der Waals surface area contributed by atoms with E-state index in [9.17, 15) is 9.18 Å². The molecule has 1 amide bonds. The van der Waals surface area contributed by atoms with Crippen LogP contribution in [-0.4, -0.2) is 50.4 Å². The molecular formula is C22H23ClFN5OS. The molecule has 1 aromatic heterocycles. The van der Waals surface area contributed by atoms with Gasteiger partial charge in [0, 0.05) is 36.8 Å². The van der Waals surface area contributed by atoms with Crippen LogP contribution in [0.25, 0.3) is 5.69 Å². The first-order valence-corrected chi connectivity index (χ1v) is 11.5. The first kappa shape index (κ1) is 21.8. The predicted octanol–water partition coefficient (Wildman–Crippen LogP) is 4.48. The monoisotopic (exact) mass is 459 g/mol. The van der Waals surface area contributed by atoms with Gasteiger partial charge in [-0.15, -0.1) is 5.10 Å². The number of amides is 1. The van der Waals surface area contributed by atoms with Crippen LogP contribution in [0, 0.1) is 19.7 Å². The van der Waals surface area contributed by atoms with Crippen molar-refractivity contribution in [2.24, 2.45) is 0 Å². The largest absolute Gasteiger partial charge is 0.320 e. The fraction of sp³-hybridized carbons (Fsp3) is 0.318. The first-order valence-electron chi connectivity index (χ1n) is 10.0. The summed E-state index contributed by atoms with van der Waals surface area (Å²) < 4.78 is 14.9. The van der Waals surface area contributed by atoms with Gasteiger partial charge < -0.3 is 5.32 Å². The summed E-state index contributed by atoms with van der Waals surface area (Å²) in [6.45, 7) is 6.79. The third-order valence-corrected chi connectivity index (χ3v) is 6.68. The summed E-state index contributed by atoms with van der Waals surface area (Å²) in [5, 5.41) is 11.0. The quantitative estimate of drug-likeness (QED) is 0.609. The van der Waals surface area contributed by atoms with Crippen LogP contribution in [0.1, 0.15) is 27.3 Å². The molecule has 0 aliphatic carbocycles. The highest BCUT2D eigenvalue weighted by molar-refractivity contribution is 7.99. The van der Waals surface area contributed by atoms with E-state index in [1.807, 2.05) is 30.8 Å². The normalized spacial score (nSPS) is 14.6. The van der Waals surface area contributed by atoms with Crippen LogP contribution in [0.2, 0.25) is 5.02 Å². The summed E-state index contributed by atoms with van der Waals surface area (Å²) in [5.41, 5.74) is 4.29. The van der Waals surface area contributed by atoms with E-state index in [1.165, 1.54) is 28.4 Å². The van der Waals surface area contributed by atoms with Crippen LogP contribution in [0.5, 0.6) is 0 Å². The highest BCUT2D eigenvalue weighted by Gasteiger charge is 2.20. The Morgan fingerprint density at radius 2 is 2.00 bits per heavy atom. The minimum absolute atomic E-state index is 0.0156. The molecule has 0 bridgehead atoms. The number of aromatic nitrogens is 3. The summed E-state index contributed by atoms with van der Waals surface area (Å²) in [5.74, 6) is 1.46. The van der Waals surface area contributed by atoms with Gasteiger partial charge in [-0.2, -0.15) is 11.8 Å². The van der Waals surface area contributed by atoms with E-state index in [0.717, 1.165) is 42.4 Å². The van der Waals surface area contributed by atoms with E-state index in [2.05, 4.69) is 26.6 Å². The van der Waals surface area contributed by atoms with Gasteiger partial charge in [-0.25, -0.2) is 9.07 Å². The van der Waals surface area contributed by atoms with Crippen molar-refractivity contribution in [2.45, 2.75) is 20.4 Å². The Balaban J connectivity index is 1.53. The Morgan fingerprint density at radius 3 is 2.74 bits per heavy atom. The van der Waals surface area contributed by atoms with E-state index >= 15 is 0 Å². The van der Waals surface area contributed by atoms with Gasteiger partial charge in [-0.05, 0) is 49.2 Å². The average molecular weight is 460 g/mol. The molecule has 3 aromatic rings.